The van der Waals surface area contributed by atoms with E-state index in [9.17, 15) is 19.8 Å². The van der Waals surface area contributed by atoms with Crippen molar-refractivity contribution in [3.63, 3.8) is 0 Å². The Morgan fingerprint density at radius 2 is 0.778 bits per heavy atom. The minimum Gasteiger partial charge on any atom is -0.397 e. The average molecular weight is 1360 g/mol. The number of carbonyl (C=O) groups is 2. The molecule has 0 saturated carbocycles. The first-order chi connectivity index (χ1) is 43.4. The number of hydrogen-bond donors (Lipinski definition) is 8. The van der Waals surface area contributed by atoms with E-state index in [1.54, 1.807) is 74.5 Å². The highest BCUT2D eigenvalue weighted by Gasteiger charge is 2.60. The van der Waals surface area contributed by atoms with Crippen molar-refractivity contribution in [2.75, 3.05) is 50.0 Å². The summed E-state index contributed by atoms with van der Waals surface area (Å²) in [4.78, 5) is 33.7. The van der Waals surface area contributed by atoms with Crippen LogP contribution in [0.4, 0.5) is 11.4 Å². The number of hydrogen-bond acceptors (Lipinski definition) is 12. The molecular formula is C70H64Cl6N6O6S2. The molecule has 4 aliphatic rings. The van der Waals surface area contributed by atoms with Gasteiger partial charge in [-0.2, -0.15) is 0 Å². The molecule has 464 valence electrons. The van der Waals surface area contributed by atoms with Gasteiger partial charge in [0.2, 0.25) is 0 Å². The van der Waals surface area contributed by atoms with E-state index in [0.717, 1.165) is 22.5 Å². The number of carbonyl (C=O) groups excluding carboxylic acids is 2. The Morgan fingerprint density at radius 3 is 1.10 bits per heavy atom. The number of nitrogens with one attached hydrogen (secondary N) is 4. The second-order valence-corrected chi connectivity index (χ2v) is 24.6. The number of ketones is 2. The van der Waals surface area contributed by atoms with E-state index in [2.05, 4.69) is 21.3 Å². The summed E-state index contributed by atoms with van der Waals surface area (Å²) < 4.78 is 0. The van der Waals surface area contributed by atoms with Gasteiger partial charge in [-0.25, -0.2) is 0 Å². The molecule has 2 saturated heterocycles. The first kappa shape index (κ1) is 67.5. The highest BCUT2D eigenvalue weighted by Crippen LogP contribution is 2.56. The molecule has 0 aliphatic carbocycles. The molecule has 4 heterocycles. The van der Waals surface area contributed by atoms with E-state index in [0.29, 0.717) is 90.2 Å². The lowest BCUT2D eigenvalue weighted by Gasteiger charge is -2.52. The van der Waals surface area contributed by atoms with E-state index in [4.69, 9.17) is 104 Å². The van der Waals surface area contributed by atoms with Crippen molar-refractivity contribution in [1.82, 2.24) is 20.4 Å². The summed E-state index contributed by atoms with van der Waals surface area (Å²) in [5, 5.41) is 57.1. The first-order valence-electron chi connectivity index (χ1n) is 28.9. The number of aliphatic hydroxyl groups excluding tert-OH is 2. The number of anilines is 2. The minimum absolute atomic E-state index is 0.250. The average Bonchev–Trinajstić information content (AvgIpc) is 0.846. The summed E-state index contributed by atoms with van der Waals surface area (Å²) >= 11 is 50.8. The number of nitrogens with zero attached hydrogens (tertiary/aromatic N) is 2. The van der Waals surface area contributed by atoms with Crippen LogP contribution in [-0.4, -0.2) is 91.2 Å². The second kappa shape index (κ2) is 30.5. The van der Waals surface area contributed by atoms with Crippen LogP contribution in [0, 0.1) is 11.8 Å². The molecule has 6 atom stereocenters. The fraction of sp³-hybridized carbons (Fsp3) is 0.200. The Bertz CT molecular complexity index is 3660. The number of aliphatic hydroxyl groups is 4. The van der Waals surface area contributed by atoms with Crippen LogP contribution in [0.2, 0.25) is 30.1 Å². The van der Waals surface area contributed by atoms with E-state index < -0.39 is 35.1 Å². The molecule has 0 amide bonds. The van der Waals surface area contributed by atoms with Crippen LogP contribution in [0.15, 0.2) is 229 Å². The molecule has 0 spiro atoms. The minimum atomic E-state index is -1.62. The largest absolute Gasteiger partial charge is 0.397 e. The van der Waals surface area contributed by atoms with Crippen LogP contribution < -0.4 is 21.3 Å². The van der Waals surface area contributed by atoms with Crippen molar-refractivity contribution >= 4 is 127 Å². The van der Waals surface area contributed by atoms with Crippen molar-refractivity contribution in [3.05, 3.63) is 293 Å². The number of Topliss-reactive ketones (excluding diaryl/α,β-unsaturated/α-hetero) is 2. The standard InChI is InChI=1S/2C33H26Cl3N3O2S.2C2H6O/c2*34-22-13-11-20(12-14-22)27-28(30(40)25-19-23(35)15-16-26(25)36)31-37-17-18-39(31)33(41,21-7-3-1-4-8-21)29(27)32(42)38-24-9-5-2-6-10-24;2*1-2-3/h2*1-16,19,27,29,37,41H,17-18H2,(H,38,42);2*3H,2H2,1H3/t2*27-,29-,33+;;/m10../s1. The molecule has 2 fully saturated rings. The van der Waals surface area contributed by atoms with Crippen molar-refractivity contribution in [2.45, 2.75) is 37.1 Å². The topological polar surface area (TPSA) is 170 Å². The zero-order valence-corrected chi connectivity index (χ0v) is 54.9. The van der Waals surface area contributed by atoms with Crippen LogP contribution in [0.1, 0.15) is 68.7 Å². The van der Waals surface area contributed by atoms with Gasteiger partial charge in [-0.3, -0.25) is 9.59 Å². The molecule has 8 aromatic rings. The van der Waals surface area contributed by atoms with Gasteiger partial charge < -0.3 is 51.5 Å². The summed E-state index contributed by atoms with van der Waals surface area (Å²) in [5.41, 5.74) is 2.53. The van der Waals surface area contributed by atoms with Crippen molar-refractivity contribution in [3.8, 4) is 0 Å². The molecule has 0 aromatic heterocycles. The molecule has 0 radical (unpaired) electrons. The Balaban J connectivity index is 0.000000196. The van der Waals surface area contributed by atoms with Crippen molar-refractivity contribution in [1.29, 1.82) is 0 Å². The lowest BCUT2D eigenvalue weighted by molar-refractivity contribution is -0.129. The molecular weight excluding hydrogens is 1300 g/mol. The van der Waals surface area contributed by atoms with E-state index in [1.165, 1.54) is 0 Å². The molecule has 12 rings (SSSR count). The SMILES string of the molecule is CCO.CCO.O=C(C1=C2NCCN2[C@@](O)(c2ccccc2)[C@H](C(=S)Nc2ccccc2)[C@H]1c1ccc(Cl)cc1)c1cc(Cl)ccc1Cl.O=C(C1=C2NCCN2[C@](O)(c2ccccc2)[C@@H](C(=S)Nc2ccccc2)[C@@H]1c1ccc(Cl)cc1)c1cc(Cl)ccc1Cl. The fourth-order valence-corrected chi connectivity index (χ4v) is 13.8. The summed E-state index contributed by atoms with van der Waals surface area (Å²) in [6.07, 6.45) is 0. The summed E-state index contributed by atoms with van der Waals surface area (Å²) in [6, 6.07) is 62.2. The van der Waals surface area contributed by atoms with Gasteiger partial charge in [-0.1, -0.05) is 215 Å². The summed E-state index contributed by atoms with van der Waals surface area (Å²) in [6.45, 7) is 5.78. The molecule has 8 N–H and O–H groups in total. The lowest BCUT2D eigenvalue weighted by atomic mass is 9.68. The van der Waals surface area contributed by atoms with Gasteiger partial charge >= 0.3 is 0 Å². The number of thiocarbonyl (C=S) groups is 2. The van der Waals surface area contributed by atoms with Gasteiger partial charge in [-0.05, 0) is 110 Å². The van der Waals surface area contributed by atoms with Gasteiger partial charge in [0.25, 0.3) is 0 Å². The third kappa shape index (κ3) is 14.3. The summed E-state index contributed by atoms with van der Waals surface area (Å²) in [7, 11) is 0. The van der Waals surface area contributed by atoms with E-state index in [1.807, 2.05) is 155 Å². The van der Waals surface area contributed by atoms with Gasteiger partial charge in [0.1, 0.15) is 11.6 Å². The maximum absolute atomic E-state index is 14.6. The van der Waals surface area contributed by atoms with Crippen LogP contribution >= 0.6 is 94.0 Å². The smallest absolute Gasteiger partial charge is 0.194 e. The Labute approximate surface area is 564 Å². The predicted molar refractivity (Wildman–Crippen MR) is 372 cm³/mol. The zero-order valence-electron chi connectivity index (χ0n) is 48.8. The van der Waals surface area contributed by atoms with E-state index in [-0.39, 0.29) is 46.0 Å². The molecule has 8 aromatic carbocycles. The molecule has 0 bridgehead atoms. The third-order valence-electron chi connectivity index (χ3n) is 15.6. The van der Waals surface area contributed by atoms with Gasteiger partial charge in [0.05, 0.1) is 31.9 Å². The monoisotopic (exact) mass is 1360 g/mol. The highest BCUT2D eigenvalue weighted by molar-refractivity contribution is 7.80. The molecule has 12 nitrogen and oxygen atoms in total. The first-order valence-corrected chi connectivity index (χ1v) is 32.0. The number of allylic oxidation sites excluding steroid dienone is 2. The second-order valence-electron chi connectivity index (χ2n) is 21.1. The van der Waals surface area contributed by atoms with Crippen LogP contribution in [0.3, 0.4) is 0 Å². The zero-order chi connectivity index (χ0) is 64.3. The van der Waals surface area contributed by atoms with Gasteiger partial charge in [0, 0.05) is 116 Å². The maximum atomic E-state index is 14.6. The molecule has 0 unspecified atom stereocenters. The number of para-hydroxylation sites is 2. The molecule has 20 heteroatoms. The Hall–Kier alpha value is -6.86. The lowest BCUT2D eigenvalue weighted by Crippen LogP contribution is -2.59. The Morgan fingerprint density at radius 1 is 0.478 bits per heavy atom. The highest BCUT2D eigenvalue weighted by atomic mass is 35.5. The molecule has 4 aliphatic heterocycles. The maximum Gasteiger partial charge on any atom is 0.194 e. The van der Waals surface area contributed by atoms with Crippen molar-refractivity contribution < 1.29 is 30.0 Å². The normalized spacial score (nSPS) is 20.4. The Kier molecular flexibility index (Phi) is 22.9. The van der Waals surface area contributed by atoms with Crippen LogP contribution in [-0.2, 0) is 11.4 Å². The third-order valence-corrected chi connectivity index (χ3v) is 18.0. The number of benzene rings is 8. The number of fused-ring (bicyclic) bond motifs is 2. The predicted octanol–water partition coefficient (Wildman–Crippen LogP) is 15.3. The van der Waals surface area contributed by atoms with Crippen molar-refractivity contribution in [2.24, 2.45) is 11.8 Å². The quantitative estimate of drug-likeness (QED) is 0.0430. The van der Waals surface area contributed by atoms with Gasteiger partial charge in [0.15, 0.2) is 23.0 Å². The van der Waals surface area contributed by atoms with E-state index >= 15 is 0 Å². The molecule has 90 heavy (non-hydrogen) atoms. The number of rotatable bonds is 12. The van der Waals surface area contributed by atoms with Crippen LogP contribution in [0.5, 0.6) is 0 Å². The van der Waals surface area contributed by atoms with Crippen LogP contribution in [0.25, 0.3) is 0 Å². The summed E-state index contributed by atoms with van der Waals surface area (Å²) in [5.74, 6) is -2.57. The van der Waals surface area contributed by atoms with Gasteiger partial charge in [-0.15, -0.1) is 0 Å². The fourth-order valence-electron chi connectivity index (χ4n) is 12.0. The number of halogens is 6.